The molecule has 0 aliphatic carbocycles. The molecule has 0 aliphatic rings. The number of nitrogens with zero attached hydrogens (tertiary/aromatic N) is 4. The molecular formula is C39H34N4O3Pt. The average molecular weight is 802 g/mol. The zero-order valence-corrected chi connectivity index (χ0v) is 29.3. The largest absolute Gasteiger partial charge is 2.00 e. The molecule has 3 aromatic heterocycles. The molecule has 7 nitrogen and oxygen atoms in total. The first-order chi connectivity index (χ1) is 22.2. The van der Waals surface area contributed by atoms with Crippen molar-refractivity contribution in [3.8, 4) is 45.6 Å². The van der Waals surface area contributed by atoms with Gasteiger partial charge in [0.1, 0.15) is 17.3 Å². The predicted octanol–water partition coefficient (Wildman–Crippen LogP) is 9.04. The summed E-state index contributed by atoms with van der Waals surface area (Å²) >= 11 is 0. The molecule has 7 rings (SSSR count). The van der Waals surface area contributed by atoms with Gasteiger partial charge in [-0.15, -0.1) is 35.7 Å². The quantitative estimate of drug-likeness (QED) is 0.151. The molecule has 0 saturated heterocycles. The minimum absolute atomic E-state index is 0. The Morgan fingerprint density at radius 3 is 2.28 bits per heavy atom. The van der Waals surface area contributed by atoms with Crippen molar-refractivity contribution < 1.29 is 35.3 Å². The van der Waals surface area contributed by atoms with E-state index in [-0.39, 0.29) is 26.5 Å². The SMILES string of the molecule is COc1cc(C)cc(OC)c1-c1cnn(-c2[c-]c(Oc3[c-]c4c(cc3)c3ccccc3n4-c3cc(C(C)(C)C)ccn3)ccc2)c1.[Pt+2]. The average Bonchev–Trinajstić information content (AvgIpc) is 3.67. The van der Waals surface area contributed by atoms with Gasteiger partial charge in [0.25, 0.3) is 0 Å². The van der Waals surface area contributed by atoms with E-state index in [4.69, 9.17) is 19.2 Å². The minimum Gasteiger partial charge on any atom is -0.509 e. The third-order valence-corrected chi connectivity index (χ3v) is 8.14. The third-order valence-electron chi connectivity index (χ3n) is 8.14. The van der Waals surface area contributed by atoms with Crippen LogP contribution < -0.4 is 14.2 Å². The molecule has 0 atom stereocenters. The molecule has 0 N–H and O–H groups in total. The smallest absolute Gasteiger partial charge is 0.509 e. The van der Waals surface area contributed by atoms with Gasteiger partial charge >= 0.3 is 21.1 Å². The topological polar surface area (TPSA) is 63.3 Å². The van der Waals surface area contributed by atoms with Crippen molar-refractivity contribution in [3.05, 3.63) is 121 Å². The van der Waals surface area contributed by atoms with Gasteiger partial charge in [-0.05, 0) is 64.9 Å². The molecule has 0 bridgehead atoms. The van der Waals surface area contributed by atoms with Gasteiger partial charge in [0.2, 0.25) is 0 Å². The van der Waals surface area contributed by atoms with Crippen molar-refractivity contribution in [2.45, 2.75) is 33.1 Å². The fourth-order valence-electron chi connectivity index (χ4n) is 5.84. The summed E-state index contributed by atoms with van der Waals surface area (Å²) < 4.78 is 21.6. The molecule has 0 amide bonds. The molecule has 0 radical (unpaired) electrons. The van der Waals surface area contributed by atoms with E-state index < -0.39 is 0 Å². The number of hydrogen-bond acceptors (Lipinski definition) is 5. The fraction of sp³-hybridized carbons (Fsp3) is 0.179. The van der Waals surface area contributed by atoms with Crippen molar-refractivity contribution in [2.24, 2.45) is 0 Å². The van der Waals surface area contributed by atoms with Crippen molar-refractivity contribution in [1.82, 2.24) is 19.3 Å². The van der Waals surface area contributed by atoms with Crippen LogP contribution in [0, 0.1) is 19.1 Å². The van der Waals surface area contributed by atoms with Crippen molar-refractivity contribution in [3.63, 3.8) is 0 Å². The molecule has 47 heavy (non-hydrogen) atoms. The second-order valence-electron chi connectivity index (χ2n) is 12.3. The van der Waals surface area contributed by atoms with Crippen LogP contribution in [0.25, 0.3) is 44.4 Å². The summed E-state index contributed by atoms with van der Waals surface area (Å²) in [6, 6.07) is 33.2. The van der Waals surface area contributed by atoms with E-state index in [1.165, 1.54) is 5.56 Å². The first kappa shape index (κ1) is 32.1. The normalized spacial score (nSPS) is 11.4. The summed E-state index contributed by atoms with van der Waals surface area (Å²) in [5, 5.41) is 6.83. The number of pyridine rings is 1. The number of methoxy groups -OCH3 is 2. The zero-order chi connectivity index (χ0) is 32.0. The van der Waals surface area contributed by atoms with Gasteiger partial charge in [0.15, 0.2) is 0 Å². The summed E-state index contributed by atoms with van der Waals surface area (Å²) in [5.41, 5.74) is 6.64. The predicted molar refractivity (Wildman–Crippen MR) is 182 cm³/mol. The summed E-state index contributed by atoms with van der Waals surface area (Å²) in [4.78, 5) is 4.77. The second kappa shape index (κ2) is 12.7. The molecule has 0 saturated carbocycles. The van der Waals surface area contributed by atoms with E-state index >= 15 is 0 Å². The number of benzene rings is 4. The summed E-state index contributed by atoms with van der Waals surface area (Å²) in [6.45, 7) is 8.64. The van der Waals surface area contributed by atoms with Gasteiger partial charge in [-0.1, -0.05) is 44.5 Å². The minimum atomic E-state index is -0.0110. The van der Waals surface area contributed by atoms with E-state index in [1.807, 2.05) is 55.7 Å². The molecule has 8 heteroatoms. The van der Waals surface area contributed by atoms with Crippen LogP contribution in [0.15, 0.2) is 97.5 Å². The Kier molecular flexibility index (Phi) is 8.69. The molecule has 238 valence electrons. The third kappa shape index (κ3) is 6.04. The van der Waals surface area contributed by atoms with E-state index in [0.717, 1.165) is 61.5 Å². The van der Waals surface area contributed by atoms with Crippen LogP contribution in [0.3, 0.4) is 0 Å². The fourth-order valence-corrected chi connectivity index (χ4v) is 5.84. The van der Waals surface area contributed by atoms with E-state index in [1.54, 1.807) is 25.1 Å². The number of fused-ring (bicyclic) bond motifs is 3. The molecule has 0 aliphatic heterocycles. The molecule has 4 aromatic carbocycles. The molecule has 7 aromatic rings. The van der Waals surface area contributed by atoms with E-state index in [2.05, 4.69) is 85.0 Å². The van der Waals surface area contributed by atoms with Gasteiger partial charge in [-0.2, -0.15) is 17.2 Å². The number of ether oxygens (including phenoxy) is 3. The Labute approximate surface area is 289 Å². The molecule has 0 spiro atoms. The Bertz CT molecular complexity index is 2200. The molecule has 3 heterocycles. The Morgan fingerprint density at radius 1 is 0.787 bits per heavy atom. The summed E-state index contributed by atoms with van der Waals surface area (Å²) in [5.74, 6) is 3.41. The molecular weight excluding hydrogens is 768 g/mol. The van der Waals surface area contributed by atoms with Gasteiger partial charge in [-0.25, -0.2) is 4.98 Å². The van der Waals surface area contributed by atoms with E-state index in [9.17, 15) is 0 Å². The van der Waals surface area contributed by atoms with Gasteiger partial charge in [0.05, 0.1) is 26.0 Å². The van der Waals surface area contributed by atoms with Gasteiger partial charge in [-0.3, -0.25) is 4.68 Å². The van der Waals surface area contributed by atoms with Crippen LogP contribution in [-0.2, 0) is 26.5 Å². The zero-order valence-electron chi connectivity index (χ0n) is 27.1. The van der Waals surface area contributed by atoms with Crippen LogP contribution in [0.5, 0.6) is 23.0 Å². The van der Waals surface area contributed by atoms with Gasteiger partial charge in [0, 0.05) is 35.0 Å². The first-order valence-corrected chi connectivity index (χ1v) is 15.1. The van der Waals surface area contributed by atoms with Gasteiger partial charge < -0.3 is 18.8 Å². The van der Waals surface area contributed by atoms with Crippen LogP contribution in [0.2, 0.25) is 0 Å². The van der Waals surface area contributed by atoms with Crippen molar-refractivity contribution in [1.29, 1.82) is 0 Å². The Hall–Kier alpha value is -4.87. The second-order valence-corrected chi connectivity index (χ2v) is 12.3. The monoisotopic (exact) mass is 801 g/mol. The Morgan fingerprint density at radius 2 is 1.53 bits per heavy atom. The van der Waals surface area contributed by atoms with Crippen molar-refractivity contribution >= 4 is 21.8 Å². The summed E-state index contributed by atoms with van der Waals surface area (Å²) in [6.07, 6.45) is 5.60. The van der Waals surface area contributed by atoms with E-state index in [0.29, 0.717) is 11.5 Å². The first-order valence-electron chi connectivity index (χ1n) is 15.1. The number of hydrogen-bond donors (Lipinski definition) is 0. The molecule has 0 unspecified atom stereocenters. The maximum Gasteiger partial charge on any atom is 2.00 e. The Balaban J connectivity index is 0.00000386. The van der Waals surface area contributed by atoms with Crippen molar-refractivity contribution in [2.75, 3.05) is 14.2 Å². The van der Waals surface area contributed by atoms with Crippen LogP contribution in [-0.4, -0.2) is 33.6 Å². The van der Waals surface area contributed by atoms with Crippen LogP contribution >= 0.6 is 0 Å². The standard InChI is InChI=1S/C39H34N4O3.Pt/c1-25-18-35(44-5)38(36(19-25)45-6)26-23-41-42(24-26)28-10-9-11-29(21-28)46-30-14-15-32-31-12-7-8-13-33(31)43(34(32)22-30)37-20-27(16-17-40-37)39(2,3)4;/h7-20,23-24H,1-6H3;/q-2;+2. The molecule has 0 fully saturated rings. The summed E-state index contributed by atoms with van der Waals surface area (Å²) in [7, 11) is 3.31. The number of aryl methyl sites for hydroxylation is 1. The van der Waals surface area contributed by atoms with Crippen LogP contribution in [0.4, 0.5) is 0 Å². The number of rotatable bonds is 7. The number of para-hydroxylation sites is 1. The maximum atomic E-state index is 6.37. The maximum absolute atomic E-state index is 6.37. The van der Waals surface area contributed by atoms with Crippen LogP contribution in [0.1, 0.15) is 31.9 Å². The number of aromatic nitrogens is 4.